The second-order valence-corrected chi connectivity index (χ2v) is 7.95. The van der Waals surface area contributed by atoms with E-state index in [1.54, 1.807) is 0 Å². The van der Waals surface area contributed by atoms with E-state index in [0.717, 1.165) is 23.7 Å². The molecule has 0 radical (unpaired) electrons. The summed E-state index contributed by atoms with van der Waals surface area (Å²) < 4.78 is 0. The summed E-state index contributed by atoms with van der Waals surface area (Å²) in [6.45, 7) is 17.2. The van der Waals surface area contributed by atoms with Crippen LogP contribution in [-0.2, 0) is 0 Å². The minimum Gasteiger partial charge on any atom is -0.313 e. The standard InChI is InChI=1S/C16H25N/c1-10(2)11-7-15(3)9-16(4)8-12(11)13(15)6-14(16)17-5/h10-14H,6-9H2,1-4H3/t11-,12?,13?,14+,15?,16?/m0/s1. The largest absolute Gasteiger partial charge is 0.313 e. The Morgan fingerprint density at radius 2 is 1.88 bits per heavy atom. The Kier molecular flexibility index (Phi) is 2.23. The number of nitrogens with zero attached hydrogens (tertiary/aromatic N) is 1. The van der Waals surface area contributed by atoms with E-state index in [-0.39, 0.29) is 0 Å². The van der Waals surface area contributed by atoms with Gasteiger partial charge in [0.05, 0.1) is 0 Å². The molecular weight excluding hydrogens is 206 g/mol. The van der Waals surface area contributed by atoms with Crippen LogP contribution < -0.4 is 0 Å². The normalized spacial score (nSPS) is 56.2. The maximum Gasteiger partial charge on any atom is 0.229 e. The van der Waals surface area contributed by atoms with E-state index in [2.05, 4.69) is 32.5 Å². The summed E-state index contributed by atoms with van der Waals surface area (Å²) in [6.07, 6.45) is 5.28. The first-order valence-corrected chi connectivity index (χ1v) is 7.26. The average Bonchev–Trinajstić information content (AvgIpc) is 2.43. The highest BCUT2D eigenvalue weighted by molar-refractivity contribution is 5.17. The van der Waals surface area contributed by atoms with Crippen LogP contribution in [0.15, 0.2) is 0 Å². The molecule has 0 heterocycles. The van der Waals surface area contributed by atoms with E-state index in [9.17, 15) is 0 Å². The predicted octanol–water partition coefficient (Wildman–Crippen LogP) is 4.39. The fourth-order valence-electron chi connectivity index (χ4n) is 5.86. The molecule has 94 valence electrons. The molecule has 4 aliphatic carbocycles. The van der Waals surface area contributed by atoms with E-state index in [1.807, 2.05) is 0 Å². The molecule has 0 spiro atoms. The van der Waals surface area contributed by atoms with Gasteiger partial charge in [-0.2, -0.15) is 0 Å². The first-order valence-electron chi connectivity index (χ1n) is 7.26. The molecule has 4 rings (SSSR count). The van der Waals surface area contributed by atoms with Gasteiger partial charge in [0.1, 0.15) is 0 Å². The third-order valence-electron chi connectivity index (χ3n) is 6.47. The predicted molar refractivity (Wildman–Crippen MR) is 70.4 cm³/mol. The Labute approximate surface area is 106 Å². The Balaban J connectivity index is 1.98. The van der Waals surface area contributed by atoms with Crippen LogP contribution in [0.3, 0.4) is 0 Å². The van der Waals surface area contributed by atoms with Crippen LogP contribution in [-0.4, -0.2) is 6.04 Å². The smallest absolute Gasteiger partial charge is 0.229 e. The maximum atomic E-state index is 7.45. The summed E-state index contributed by atoms with van der Waals surface area (Å²) in [7, 11) is 0. The Morgan fingerprint density at radius 3 is 2.41 bits per heavy atom. The zero-order chi connectivity index (χ0) is 12.4. The van der Waals surface area contributed by atoms with Gasteiger partial charge in [-0.25, -0.2) is 6.57 Å². The molecule has 4 saturated carbocycles. The molecule has 0 amide bonds. The van der Waals surface area contributed by atoms with Gasteiger partial charge in [-0.15, -0.1) is 0 Å². The molecule has 4 unspecified atom stereocenters. The molecular formula is C16H25N. The van der Waals surface area contributed by atoms with Crippen molar-refractivity contribution in [2.75, 3.05) is 0 Å². The van der Waals surface area contributed by atoms with E-state index in [4.69, 9.17) is 6.57 Å². The Bertz CT molecular complexity index is 379. The van der Waals surface area contributed by atoms with Crippen molar-refractivity contribution in [3.05, 3.63) is 11.4 Å². The summed E-state index contributed by atoms with van der Waals surface area (Å²) in [6, 6.07) is 0.322. The van der Waals surface area contributed by atoms with Gasteiger partial charge in [0, 0.05) is 11.8 Å². The van der Waals surface area contributed by atoms with Crippen molar-refractivity contribution in [2.45, 2.75) is 59.4 Å². The van der Waals surface area contributed by atoms with Gasteiger partial charge in [0.2, 0.25) is 6.04 Å². The van der Waals surface area contributed by atoms with Crippen LogP contribution in [0.25, 0.3) is 4.85 Å². The number of fused-ring (bicyclic) bond motifs is 1. The lowest BCUT2D eigenvalue weighted by molar-refractivity contribution is -0.0497. The Hall–Kier alpha value is -0.510. The van der Waals surface area contributed by atoms with Crippen LogP contribution in [0.4, 0.5) is 0 Å². The molecule has 4 bridgehead atoms. The molecule has 0 N–H and O–H groups in total. The van der Waals surface area contributed by atoms with E-state index < -0.39 is 0 Å². The van der Waals surface area contributed by atoms with Gasteiger partial charge >= 0.3 is 0 Å². The molecule has 4 aliphatic rings. The highest BCUT2D eigenvalue weighted by Gasteiger charge is 2.66. The van der Waals surface area contributed by atoms with Crippen molar-refractivity contribution in [1.82, 2.24) is 0 Å². The molecule has 0 aliphatic heterocycles. The second kappa shape index (κ2) is 3.28. The highest BCUT2D eigenvalue weighted by atomic mass is 14.8. The van der Waals surface area contributed by atoms with Gasteiger partial charge in [-0.05, 0) is 48.3 Å². The first kappa shape index (κ1) is 11.6. The van der Waals surface area contributed by atoms with Crippen molar-refractivity contribution in [1.29, 1.82) is 0 Å². The second-order valence-electron chi connectivity index (χ2n) is 7.95. The molecule has 1 heteroatoms. The lowest BCUT2D eigenvalue weighted by Crippen LogP contribution is -2.52. The van der Waals surface area contributed by atoms with Gasteiger partial charge < -0.3 is 4.85 Å². The van der Waals surface area contributed by atoms with Crippen LogP contribution >= 0.6 is 0 Å². The van der Waals surface area contributed by atoms with Crippen molar-refractivity contribution in [2.24, 2.45) is 34.5 Å². The van der Waals surface area contributed by atoms with Gasteiger partial charge in [-0.3, -0.25) is 0 Å². The zero-order valence-electron chi connectivity index (χ0n) is 11.7. The van der Waals surface area contributed by atoms with Crippen molar-refractivity contribution in [3.63, 3.8) is 0 Å². The van der Waals surface area contributed by atoms with Crippen LogP contribution in [0.1, 0.15) is 53.4 Å². The van der Waals surface area contributed by atoms with E-state index in [1.165, 1.54) is 25.7 Å². The molecule has 4 fully saturated rings. The van der Waals surface area contributed by atoms with Crippen molar-refractivity contribution < 1.29 is 0 Å². The highest BCUT2D eigenvalue weighted by Crippen LogP contribution is 2.70. The third kappa shape index (κ3) is 1.36. The molecule has 0 saturated heterocycles. The lowest BCUT2D eigenvalue weighted by Gasteiger charge is -2.54. The summed E-state index contributed by atoms with van der Waals surface area (Å²) in [5.41, 5.74) is 0.896. The lowest BCUT2D eigenvalue weighted by atomic mass is 9.49. The summed E-state index contributed by atoms with van der Waals surface area (Å²) in [5.74, 6) is 3.54. The van der Waals surface area contributed by atoms with Crippen molar-refractivity contribution >= 4 is 0 Å². The molecule has 0 aromatic carbocycles. The van der Waals surface area contributed by atoms with Gasteiger partial charge in [0.25, 0.3) is 0 Å². The van der Waals surface area contributed by atoms with Gasteiger partial charge in [0.15, 0.2) is 0 Å². The summed E-state index contributed by atoms with van der Waals surface area (Å²) >= 11 is 0. The van der Waals surface area contributed by atoms with E-state index in [0.29, 0.717) is 16.9 Å². The quantitative estimate of drug-likeness (QED) is 0.589. The molecule has 17 heavy (non-hydrogen) atoms. The molecule has 6 atom stereocenters. The molecule has 1 nitrogen and oxygen atoms in total. The SMILES string of the molecule is [C-]#[N+][C@@H]1CC2C3CC1(C)CC2(C)C[C@H]3C(C)C. The number of hydrogen-bond donors (Lipinski definition) is 0. The van der Waals surface area contributed by atoms with Gasteiger partial charge in [-0.1, -0.05) is 27.7 Å². The number of rotatable bonds is 1. The number of hydrogen-bond acceptors (Lipinski definition) is 0. The van der Waals surface area contributed by atoms with Crippen LogP contribution in [0, 0.1) is 41.1 Å². The first-order chi connectivity index (χ1) is 7.89. The fourth-order valence-corrected chi connectivity index (χ4v) is 5.86. The zero-order valence-corrected chi connectivity index (χ0v) is 11.7. The molecule has 0 aromatic heterocycles. The van der Waals surface area contributed by atoms with Crippen LogP contribution in [0.2, 0.25) is 0 Å². The summed E-state index contributed by atoms with van der Waals surface area (Å²) in [5, 5.41) is 0. The van der Waals surface area contributed by atoms with Crippen molar-refractivity contribution in [3.8, 4) is 0 Å². The minimum absolute atomic E-state index is 0.322. The monoisotopic (exact) mass is 231 g/mol. The fraction of sp³-hybridized carbons (Fsp3) is 0.938. The third-order valence-corrected chi connectivity index (χ3v) is 6.47. The summed E-state index contributed by atoms with van der Waals surface area (Å²) in [4.78, 5) is 3.95. The average molecular weight is 231 g/mol. The maximum absolute atomic E-state index is 7.45. The topological polar surface area (TPSA) is 4.36 Å². The van der Waals surface area contributed by atoms with Crippen LogP contribution in [0.5, 0.6) is 0 Å². The van der Waals surface area contributed by atoms with E-state index >= 15 is 0 Å². The molecule has 0 aromatic rings. The Morgan fingerprint density at radius 1 is 1.18 bits per heavy atom. The minimum atomic E-state index is 0.322.